The van der Waals surface area contributed by atoms with E-state index in [1.165, 1.54) is 12.8 Å². The lowest BCUT2D eigenvalue weighted by molar-refractivity contribution is -0.0581. The van der Waals surface area contributed by atoms with Gasteiger partial charge < -0.3 is 10.1 Å². The standard InChI is InChI=1S/C19H23N5O2/c25-19(16-3-1-2-4-17(16)24-11-20-21-12-24)22-14-7-15-10-26-18(13-5-6-13)9-23(15)8-14/h1-4,11-15,18H,5-10H2,(H,22,25)/t14-,15-,18+/m0/s1. The van der Waals surface area contributed by atoms with E-state index in [2.05, 4.69) is 20.4 Å². The van der Waals surface area contributed by atoms with E-state index in [1.807, 2.05) is 24.3 Å². The molecule has 136 valence electrons. The van der Waals surface area contributed by atoms with E-state index < -0.39 is 0 Å². The predicted molar refractivity (Wildman–Crippen MR) is 95.1 cm³/mol. The normalized spacial score (nSPS) is 28.7. The highest BCUT2D eigenvalue weighted by molar-refractivity contribution is 5.98. The van der Waals surface area contributed by atoms with Gasteiger partial charge in [0, 0.05) is 25.2 Å². The SMILES string of the molecule is O=C(N[C@H]1C[C@H]2CO[C@@H](C3CC3)CN2C1)c1ccccc1-n1cnnc1. The minimum atomic E-state index is -0.0428. The fourth-order valence-electron chi connectivity index (χ4n) is 4.24. The molecular weight excluding hydrogens is 330 g/mol. The van der Waals surface area contributed by atoms with Gasteiger partial charge in [0.1, 0.15) is 12.7 Å². The fraction of sp³-hybridized carbons (Fsp3) is 0.526. The predicted octanol–water partition coefficient (Wildman–Crippen LogP) is 1.25. The lowest BCUT2D eigenvalue weighted by atomic mass is 10.1. The molecule has 3 fully saturated rings. The van der Waals surface area contributed by atoms with Crippen molar-refractivity contribution in [1.82, 2.24) is 25.0 Å². The number of para-hydroxylation sites is 1. The average Bonchev–Trinajstić information content (AvgIpc) is 3.22. The Labute approximate surface area is 152 Å². The van der Waals surface area contributed by atoms with Crippen LogP contribution in [0.5, 0.6) is 0 Å². The second-order valence-electron chi connectivity index (χ2n) is 7.61. The number of rotatable bonds is 4. The van der Waals surface area contributed by atoms with Crippen molar-refractivity contribution in [3.63, 3.8) is 0 Å². The number of fused-ring (bicyclic) bond motifs is 1. The number of carbonyl (C=O) groups is 1. The highest BCUT2D eigenvalue weighted by Crippen LogP contribution is 2.37. The first-order valence-electron chi connectivity index (χ1n) is 9.38. The molecule has 1 aromatic carbocycles. The van der Waals surface area contributed by atoms with E-state index in [9.17, 15) is 4.79 Å². The molecule has 1 aliphatic carbocycles. The van der Waals surface area contributed by atoms with Gasteiger partial charge in [0.2, 0.25) is 0 Å². The Bertz CT molecular complexity index is 789. The lowest BCUT2D eigenvalue weighted by Gasteiger charge is -2.35. The van der Waals surface area contributed by atoms with Crippen molar-refractivity contribution < 1.29 is 9.53 Å². The summed E-state index contributed by atoms with van der Waals surface area (Å²) in [5, 5.41) is 10.9. The molecule has 3 atom stereocenters. The maximum absolute atomic E-state index is 12.9. The van der Waals surface area contributed by atoms with E-state index in [0.717, 1.165) is 37.7 Å². The molecule has 26 heavy (non-hydrogen) atoms. The Hall–Kier alpha value is -2.25. The summed E-state index contributed by atoms with van der Waals surface area (Å²) in [7, 11) is 0. The number of morpholine rings is 1. The van der Waals surface area contributed by atoms with Crippen molar-refractivity contribution in [3.05, 3.63) is 42.5 Å². The van der Waals surface area contributed by atoms with Gasteiger partial charge in [-0.05, 0) is 37.3 Å². The van der Waals surface area contributed by atoms with Gasteiger partial charge in [0.25, 0.3) is 5.91 Å². The largest absolute Gasteiger partial charge is 0.375 e. The summed E-state index contributed by atoms with van der Waals surface area (Å²) in [6, 6.07) is 8.15. The maximum Gasteiger partial charge on any atom is 0.253 e. The summed E-state index contributed by atoms with van der Waals surface area (Å²) in [5.41, 5.74) is 1.44. The zero-order valence-corrected chi connectivity index (χ0v) is 14.6. The summed E-state index contributed by atoms with van der Waals surface area (Å²) in [5.74, 6) is 0.721. The number of amides is 1. The lowest BCUT2D eigenvalue weighted by Crippen LogP contribution is -2.47. The van der Waals surface area contributed by atoms with Crippen LogP contribution in [0.3, 0.4) is 0 Å². The number of ether oxygens (including phenoxy) is 1. The number of benzene rings is 1. The molecule has 7 nitrogen and oxygen atoms in total. The molecule has 2 aromatic rings. The molecule has 1 aromatic heterocycles. The van der Waals surface area contributed by atoms with E-state index in [-0.39, 0.29) is 11.9 Å². The topological polar surface area (TPSA) is 72.3 Å². The van der Waals surface area contributed by atoms with Crippen LogP contribution in [0.2, 0.25) is 0 Å². The fourth-order valence-corrected chi connectivity index (χ4v) is 4.24. The Balaban J connectivity index is 1.27. The number of aromatic nitrogens is 3. The summed E-state index contributed by atoms with van der Waals surface area (Å²) in [4.78, 5) is 15.4. The van der Waals surface area contributed by atoms with Crippen molar-refractivity contribution in [3.8, 4) is 5.69 Å². The van der Waals surface area contributed by atoms with E-state index in [4.69, 9.17) is 4.74 Å². The van der Waals surface area contributed by atoms with Crippen molar-refractivity contribution in [2.75, 3.05) is 19.7 Å². The van der Waals surface area contributed by atoms with Crippen molar-refractivity contribution in [2.45, 2.75) is 37.5 Å². The molecule has 0 bridgehead atoms. The van der Waals surface area contributed by atoms with Crippen LogP contribution in [0.1, 0.15) is 29.6 Å². The van der Waals surface area contributed by atoms with Gasteiger partial charge in [-0.15, -0.1) is 10.2 Å². The monoisotopic (exact) mass is 353 g/mol. The van der Waals surface area contributed by atoms with Gasteiger partial charge in [-0.2, -0.15) is 0 Å². The molecule has 0 radical (unpaired) electrons. The van der Waals surface area contributed by atoms with E-state index in [1.54, 1.807) is 17.2 Å². The highest BCUT2D eigenvalue weighted by atomic mass is 16.5. The second-order valence-corrected chi connectivity index (χ2v) is 7.61. The first kappa shape index (κ1) is 16.0. The van der Waals surface area contributed by atoms with Gasteiger partial charge in [-0.3, -0.25) is 14.3 Å². The van der Waals surface area contributed by atoms with Crippen LogP contribution in [0, 0.1) is 5.92 Å². The van der Waals surface area contributed by atoms with Gasteiger partial charge in [-0.1, -0.05) is 12.1 Å². The average molecular weight is 353 g/mol. The highest BCUT2D eigenvalue weighted by Gasteiger charge is 2.42. The van der Waals surface area contributed by atoms with E-state index in [0.29, 0.717) is 17.7 Å². The zero-order valence-electron chi connectivity index (χ0n) is 14.6. The van der Waals surface area contributed by atoms with Crippen LogP contribution in [0.4, 0.5) is 0 Å². The number of carbonyl (C=O) groups excluding carboxylic acids is 1. The number of nitrogens with zero attached hydrogens (tertiary/aromatic N) is 4. The third kappa shape index (κ3) is 3.01. The van der Waals surface area contributed by atoms with Crippen LogP contribution in [-0.2, 0) is 4.74 Å². The Kier molecular flexibility index (Phi) is 3.98. The van der Waals surface area contributed by atoms with Crippen LogP contribution in [0.15, 0.2) is 36.9 Å². The Morgan fingerprint density at radius 1 is 1.15 bits per heavy atom. The van der Waals surface area contributed by atoms with Crippen LogP contribution in [-0.4, -0.2) is 63.5 Å². The van der Waals surface area contributed by atoms with Crippen LogP contribution in [0.25, 0.3) is 5.69 Å². The summed E-state index contributed by atoms with van der Waals surface area (Å²) in [6.45, 7) is 2.72. The maximum atomic E-state index is 12.9. The molecule has 5 rings (SSSR count). The van der Waals surface area contributed by atoms with Crippen molar-refractivity contribution in [1.29, 1.82) is 0 Å². The molecule has 3 aliphatic rings. The smallest absolute Gasteiger partial charge is 0.253 e. The molecule has 3 heterocycles. The minimum Gasteiger partial charge on any atom is -0.375 e. The molecule has 1 amide bonds. The molecule has 0 spiro atoms. The molecule has 2 aliphatic heterocycles. The van der Waals surface area contributed by atoms with Gasteiger partial charge in [-0.25, -0.2) is 0 Å². The zero-order chi connectivity index (χ0) is 17.5. The van der Waals surface area contributed by atoms with Crippen molar-refractivity contribution in [2.24, 2.45) is 5.92 Å². The quantitative estimate of drug-likeness (QED) is 0.896. The molecule has 1 saturated carbocycles. The number of hydrogen-bond donors (Lipinski definition) is 1. The summed E-state index contributed by atoms with van der Waals surface area (Å²) >= 11 is 0. The van der Waals surface area contributed by atoms with Crippen LogP contribution < -0.4 is 5.32 Å². The van der Waals surface area contributed by atoms with Gasteiger partial charge in [0.15, 0.2) is 0 Å². The van der Waals surface area contributed by atoms with Gasteiger partial charge >= 0.3 is 0 Å². The van der Waals surface area contributed by atoms with Crippen molar-refractivity contribution >= 4 is 5.91 Å². The van der Waals surface area contributed by atoms with Crippen LogP contribution >= 0.6 is 0 Å². The molecule has 2 saturated heterocycles. The Morgan fingerprint density at radius 3 is 2.77 bits per heavy atom. The molecular formula is C19H23N5O2. The number of nitrogens with one attached hydrogen (secondary N) is 1. The summed E-state index contributed by atoms with van der Waals surface area (Å²) in [6.07, 6.45) is 7.19. The first-order valence-corrected chi connectivity index (χ1v) is 9.38. The minimum absolute atomic E-state index is 0.0428. The molecule has 0 unspecified atom stereocenters. The summed E-state index contributed by atoms with van der Waals surface area (Å²) < 4.78 is 7.82. The Morgan fingerprint density at radius 2 is 1.96 bits per heavy atom. The molecule has 1 N–H and O–H groups in total. The van der Waals surface area contributed by atoms with Gasteiger partial charge in [0.05, 0.1) is 24.0 Å². The second kappa shape index (κ2) is 6.48. The van der Waals surface area contributed by atoms with E-state index >= 15 is 0 Å². The molecule has 7 heteroatoms. The number of hydrogen-bond acceptors (Lipinski definition) is 5. The third-order valence-electron chi connectivity index (χ3n) is 5.77. The third-order valence-corrected chi connectivity index (χ3v) is 5.77. The first-order chi connectivity index (χ1) is 12.8.